The van der Waals surface area contributed by atoms with Gasteiger partial charge in [0.05, 0.1) is 16.8 Å². The molecule has 194 valence electrons. The minimum Gasteiger partial charge on any atom is -0.478 e. The molecule has 1 atom stereocenters. The van der Waals surface area contributed by atoms with Crippen LogP contribution >= 0.6 is 0 Å². The lowest BCUT2D eigenvalue weighted by Gasteiger charge is -2.24. The first kappa shape index (κ1) is 25.7. The number of benzene rings is 2. The molecule has 4 rings (SSSR count). The van der Waals surface area contributed by atoms with Crippen molar-refractivity contribution in [3.63, 3.8) is 0 Å². The van der Waals surface area contributed by atoms with Crippen molar-refractivity contribution < 1.29 is 32.7 Å². The van der Waals surface area contributed by atoms with Crippen molar-refractivity contribution in [2.45, 2.75) is 38.9 Å². The Morgan fingerprint density at radius 3 is 2.43 bits per heavy atom. The van der Waals surface area contributed by atoms with Gasteiger partial charge in [0.2, 0.25) is 5.91 Å². The van der Waals surface area contributed by atoms with Crippen molar-refractivity contribution >= 4 is 29.4 Å². The number of carbonyl (C=O) groups is 3. The van der Waals surface area contributed by atoms with Gasteiger partial charge in [-0.2, -0.15) is 18.3 Å². The minimum absolute atomic E-state index is 0.0237. The van der Waals surface area contributed by atoms with Crippen molar-refractivity contribution in [3.05, 3.63) is 70.9 Å². The number of halogens is 3. The second-order valence-corrected chi connectivity index (χ2v) is 8.75. The third kappa shape index (κ3) is 5.57. The molecule has 0 bridgehead atoms. The number of nitrogens with zero attached hydrogens (tertiary/aromatic N) is 3. The summed E-state index contributed by atoms with van der Waals surface area (Å²) in [4.78, 5) is 38.3. The fraction of sp³-hybridized carbons (Fsp3) is 0.280. The summed E-state index contributed by atoms with van der Waals surface area (Å²) in [5.74, 6) is -1.23. The Labute approximate surface area is 209 Å². The number of hydrogen-bond donors (Lipinski definition) is 3. The standard InChI is InChI=1S/C25H24F3N5O4/c1-14-13-17(6-7-18(14)23(35)36)33-11-9-21(31-33)30-22(34)20-4-3-10-32(20)24(37)29-16-5-8-19(15(2)12-16)25(26,27)28/h5-9,11-13,20H,3-4,10H2,1-2H3,(H,29,37)(H,35,36)(H,30,31,34)/t20-/m1/s1. The van der Waals surface area contributed by atoms with Gasteiger partial charge in [0.1, 0.15) is 6.04 Å². The molecule has 3 N–H and O–H groups in total. The lowest BCUT2D eigenvalue weighted by atomic mass is 10.1. The first-order valence-electron chi connectivity index (χ1n) is 11.4. The van der Waals surface area contributed by atoms with Crippen molar-refractivity contribution in [1.29, 1.82) is 0 Å². The van der Waals surface area contributed by atoms with E-state index < -0.39 is 35.7 Å². The van der Waals surface area contributed by atoms with E-state index in [-0.39, 0.29) is 22.6 Å². The number of hydrogen-bond acceptors (Lipinski definition) is 4. The Bertz CT molecular complexity index is 1370. The minimum atomic E-state index is -4.49. The van der Waals surface area contributed by atoms with Crippen LogP contribution in [0.5, 0.6) is 0 Å². The molecule has 0 saturated carbocycles. The third-order valence-corrected chi connectivity index (χ3v) is 6.14. The third-order valence-electron chi connectivity index (χ3n) is 6.14. The number of likely N-dealkylation sites (tertiary alicyclic amines) is 1. The van der Waals surface area contributed by atoms with Crippen LogP contribution in [0.25, 0.3) is 5.69 Å². The number of carboxylic acid groups (broad SMARTS) is 1. The highest BCUT2D eigenvalue weighted by atomic mass is 19.4. The zero-order chi connectivity index (χ0) is 26.9. The molecule has 1 fully saturated rings. The predicted octanol–water partition coefficient (Wildman–Crippen LogP) is 4.84. The molecule has 37 heavy (non-hydrogen) atoms. The molecule has 2 heterocycles. The molecule has 3 amide bonds. The fourth-order valence-electron chi connectivity index (χ4n) is 4.31. The van der Waals surface area contributed by atoms with E-state index in [9.17, 15) is 32.7 Å². The SMILES string of the molecule is Cc1cc(-n2ccc(NC(=O)[C@H]3CCCN3C(=O)Nc3ccc(C(F)(F)F)c(C)c3)n2)ccc1C(=O)O. The highest BCUT2D eigenvalue weighted by molar-refractivity contribution is 5.99. The number of amides is 3. The molecule has 1 aliphatic rings. The van der Waals surface area contributed by atoms with Crippen molar-refractivity contribution in [3.8, 4) is 5.69 Å². The van der Waals surface area contributed by atoms with Gasteiger partial charge in [-0.05, 0) is 74.2 Å². The molecule has 2 aromatic carbocycles. The smallest absolute Gasteiger partial charge is 0.416 e. The molecule has 0 aliphatic carbocycles. The van der Waals surface area contributed by atoms with E-state index in [2.05, 4.69) is 15.7 Å². The van der Waals surface area contributed by atoms with E-state index in [0.29, 0.717) is 30.6 Å². The van der Waals surface area contributed by atoms with Crippen LogP contribution in [0.4, 0.5) is 29.5 Å². The zero-order valence-corrected chi connectivity index (χ0v) is 20.0. The van der Waals surface area contributed by atoms with Gasteiger partial charge in [-0.15, -0.1) is 0 Å². The van der Waals surface area contributed by atoms with Gasteiger partial charge in [0.25, 0.3) is 0 Å². The molecule has 3 aromatic rings. The van der Waals surface area contributed by atoms with Gasteiger partial charge < -0.3 is 20.6 Å². The van der Waals surface area contributed by atoms with Gasteiger partial charge in [0, 0.05) is 24.5 Å². The van der Waals surface area contributed by atoms with Gasteiger partial charge in [-0.1, -0.05) is 0 Å². The molecule has 1 aliphatic heterocycles. The highest BCUT2D eigenvalue weighted by Crippen LogP contribution is 2.33. The number of aryl methyl sites for hydroxylation is 2. The number of anilines is 2. The normalized spacial score (nSPS) is 15.5. The Morgan fingerprint density at radius 2 is 1.78 bits per heavy atom. The fourth-order valence-corrected chi connectivity index (χ4v) is 4.31. The Morgan fingerprint density at radius 1 is 1.03 bits per heavy atom. The van der Waals surface area contributed by atoms with Gasteiger partial charge in [-0.3, -0.25) is 4.79 Å². The van der Waals surface area contributed by atoms with Crippen LogP contribution < -0.4 is 10.6 Å². The predicted molar refractivity (Wildman–Crippen MR) is 129 cm³/mol. The molecule has 0 radical (unpaired) electrons. The maximum absolute atomic E-state index is 13.0. The second kappa shape index (κ2) is 9.96. The monoisotopic (exact) mass is 515 g/mol. The van der Waals surface area contributed by atoms with Crippen LogP contribution in [0.2, 0.25) is 0 Å². The quantitative estimate of drug-likeness (QED) is 0.450. The summed E-state index contributed by atoms with van der Waals surface area (Å²) in [6.07, 6.45) is -1.88. The summed E-state index contributed by atoms with van der Waals surface area (Å²) in [7, 11) is 0. The maximum Gasteiger partial charge on any atom is 0.416 e. The molecular formula is C25H24F3N5O4. The number of nitrogens with one attached hydrogen (secondary N) is 2. The molecular weight excluding hydrogens is 491 g/mol. The van der Waals surface area contributed by atoms with Crippen LogP contribution in [0.15, 0.2) is 48.7 Å². The van der Waals surface area contributed by atoms with Crippen LogP contribution in [0, 0.1) is 13.8 Å². The van der Waals surface area contributed by atoms with Crippen LogP contribution in [-0.2, 0) is 11.0 Å². The van der Waals surface area contributed by atoms with Crippen molar-refractivity contribution in [1.82, 2.24) is 14.7 Å². The summed E-state index contributed by atoms with van der Waals surface area (Å²) in [5.41, 5.74) is 0.736. The number of alkyl halides is 3. The van der Waals surface area contributed by atoms with Crippen LogP contribution in [0.3, 0.4) is 0 Å². The Balaban J connectivity index is 1.42. The number of aromatic carboxylic acids is 1. The number of carbonyl (C=O) groups excluding carboxylic acids is 2. The lowest BCUT2D eigenvalue weighted by Crippen LogP contribution is -2.45. The molecule has 0 spiro atoms. The average molecular weight is 515 g/mol. The highest BCUT2D eigenvalue weighted by Gasteiger charge is 2.35. The molecule has 0 unspecified atom stereocenters. The topological polar surface area (TPSA) is 117 Å². The number of aromatic nitrogens is 2. The van der Waals surface area contributed by atoms with E-state index in [1.807, 2.05) is 0 Å². The van der Waals surface area contributed by atoms with Gasteiger partial charge >= 0.3 is 18.2 Å². The Hall–Kier alpha value is -4.35. The Kier molecular flexibility index (Phi) is 6.92. The van der Waals surface area contributed by atoms with Gasteiger partial charge in [-0.25, -0.2) is 14.3 Å². The molecule has 9 nitrogen and oxygen atoms in total. The number of carboxylic acids is 1. The maximum atomic E-state index is 13.0. The van der Waals surface area contributed by atoms with Gasteiger partial charge in [0.15, 0.2) is 5.82 Å². The average Bonchev–Trinajstić information content (AvgIpc) is 3.48. The van der Waals surface area contributed by atoms with Crippen LogP contribution in [0.1, 0.15) is 39.9 Å². The molecule has 1 saturated heterocycles. The summed E-state index contributed by atoms with van der Waals surface area (Å²) >= 11 is 0. The zero-order valence-electron chi connectivity index (χ0n) is 20.0. The number of rotatable bonds is 5. The number of urea groups is 1. The first-order chi connectivity index (χ1) is 17.4. The van der Waals surface area contributed by atoms with E-state index in [1.54, 1.807) is 31.3 Å². The van der Waals surface area contributed by atoms with E-state index in [1.165, 1.54) is 34.7 Å². The summed E-state index contributed by atoms with van der Waals surface area (Å²) in [5, 5.41) is 18.8. The summed E-state index contributed by atoms with van der Waals surface area (Å²) in [6.45, 7) is 3.30. The summed E-state index contributed by atoms with van der Waals surface area (Å²) < 4.78 is 40.5. The first-order valence-corrected chi connectivity index (χ1v) is 11.4. The second-order valence-electron chi connectivity index (χ2n) is 8.75. The molecule has 12 heteroatoms. The van der Waals surface area contributed by atoms with Crippen molar-refractivity contribution in [2.75, 3.05) is 17.2 Å². The van der Waals surface area contributed by atoms with E-state index in [0.717, 1.165) is 6.07 Å². The van der Waals surface area contributed by atoms with E-state index >= 15 is 0 Å². The van der Waals surface area contributed by atoms with Crippen LogP contribution in [-0.4, -0.2) is 50.3 Å². The van der Waals surface area contributed by atoms with E-state index in [4.69, 9.17) is 0 Å². The molecule has 1 aromatic heterocycles. The summed E-state index contributed by atoms with van der Waals surface area (Å²) in [6, 6.07) is 8.26. The largest absolute Gasteiger partial charge is 0.478 e. The lowest BCUT2D eigenvalue weighted by molar-refractivity contribution is -0.138. The van der Waals surface area contributed by atoms with Crippen molar-refractivity contribution in [2.24, 2.45) is 0 Å².